The van der Waals surface area contributed by atoms with E-state index in [1.807, 2.05) is 0 Å². The molecule has 0 fully saturated rings. The number of nitrogens with zero attached hydrogens (tertiary/aromatic N) is 2. The first-order valence-electron chi connectivity index (χ1n) is 7.65. The SMILES string of the molecule is CCN(C(=O)COC(=O)c1ccc2ncsc2c1)c1ccc(F)cc1. The summed E-state index contributed by atoms with van der Waals surface area (Å²) in [6, 6.07) is 10.6. The van der Waals surface area contributed by atoms with Crippen LogP contribution in [0.25, 0.3) is 10.2 Å². The number of hydrogen-bond acceptors (Lipinski definition) is 5. The summed E-state index contributed by atoms with van der Waals surface area (Å²) in [6.07, 6.45) is 0. The topological polar surface area (TPSA) is 59.5 Å². The van der Waals surface area contributed by atoms with Crippen molar-refractivity contribution in [2.24, 2.45) is 0 Å². The quantitative estimate of drug-likeness (QED) is 0.653. The zero-order valence-corrected chi connectivity index (χ0v) is 14.3. The molecule has 0 bridgehead atoms. The molecule has 2 aromatic carbocycles. The molecule has 25 heavy (non-hydrogen) atoms. The Balaban J connectivity index is 1.65. The zero-order chi connectivity index (χ0) is 17.8. The van der Waals surface area contributed by atoms with E-state index in [4.69, 9.17) is 4.74 Å². The van der Waals surface area contributed by atoms with Crippen molar-refractivity contribution in [2.45, 2.75) is 6.92 Å². The molecule has 0 unspecified atom stereocenters. The Hall–Kier alpha value is -2.80. The minimum atomic E-state index is -0.571. The van der Waals surface area contributed by atoms with Crippen molar-refractivity contribution in [3.8, 4) is 0 Å². The van der Waals surface area contributed by atoms with Crippen LogP contribution in [0.4, 0.5) is 10.1 Å². The number of ether oxygens (including phenoxy) is 1. The van der Waals surface area contributed by atoms with Crippen molar-refractivity contribution >= 4 is 39.1 Å². The fraction of sp³-hybridized carbons (Fsp3) is 0.167. The number of carbonyl (C=O) groups excluding carboxylic acids is 2. The molecule has 1 heterocycles. The Bertz CT molecular complexity index is 908. The molecule has 1 aromatic heterocycles. The van der Waals surface area contributed by atoms with Crippen LogP contribution in [0.3, 0.4) is 0 Å². The fourth-order valence-corrected chi connectivity index (χ4v) is 3.11. The van der Waals surface area contributed by atoms with Gasteiger partial charge < -0.3 is 9.64 Å². The van der Waals surface area contributed by atoms with Gasteiger partial charge in [-0.25, -0.2) is 14.2 Å². The molecule has 0 aliphatic carbocycles. The minimum absolute atomic E-state index is 0.370. The minimum Gasteiger partial charge on any atom is -0.452 e. The van der Waals surface area contributed by atoms with Crippen molar-refractivity contribution in [1.29, 1.82) is 0 Å². The van der Waals surface area contributed by atoms with E-state index >= 15 is 0 Å². The van der Waals surface area contributed by atoms with Crippen molar-refractivity contribution < 1.29 is 18.7 Å². The number of benzene rings is 2. The predicted octanol–water partition coefficient (Wildman–Crippen LogP) is 3.65. The van der Waals surface area contributed by atoms with Crippen LogP contribution in [0.5, 0.6) is 0 Å². The summed E-state index contributed by atoms with van der Waals surface area (Å²) in [4.78, 5) is 30.0. The molecular weight excluding hydrogens is 343 g/mol. The second kappa shape index (κ2) is 7.40. The summed E-state index contributed by atoms with van der Waals surface area (Å²) in [6.45, 7) is 1.79. The van der Waals surface area contributed by atoms with E-state index in [2.05, 4.69) is 4.98 Å². The van der Waals surface area contributed by atoms with E-state index < -0.39 is 5.97 Å². The summed E-state index contributed by atoms with van der Waals surface area (Å²) < 4.78 is 19.0. The van der Waals surface area contributed by atoms with Gasteiger partial charge in [-0.2, -0.15) is 0 Å². The van der Waals surface area contributed by atoms with Gasteiger partial charge in [-0.15, -0.1) is 11.3 Å². The Morgan fingerprint density at radius 1 is 1.20 bits per heavy atom. The van der Waals surface area contributed by atoms with Crippen LogP contribution < -0.4 is 4.90 Å². The summed E-state index contributed by atoms with van der Waals surface area (Å²) in [5.41, 5.74) is 3.43. The summed E-state index contributed by atoms with van der Waals surface area (Å²) in [5, 5.41) is 0. The first-order chi connectivity index (χ1) is 12.1. The maximum absolute atomic E-state index is 13.0. The third kappa shape index (κ3) is 3.83. The van der Waals surface area contributed by atoms with Gasteiger partial charge in [0.05, 0.1) is 21.3 Å². The van der Waals surface area contributed by atoms with Gasteiger partial charge in [-0.3, -0.25) is 4.79 Å². The van der Waals surface area contributed by atoms with Crippen LogP contribution in [-0.4, -0.2) is 30.0 Å². The second-order valence-corrected chi connectivity index (χ2v) is 6.11. The average Bonchev–Trinajstić information content (AvgIpc) is 3.09. The van der Waals surface area contributed by atoms with E-state index in [1.54, 1.807) is 30.6 Å². The number of aromatic nitrogens is 1. The number of anilines is 1. The highest BCUT2D eigenvalue weighted by Crippen LogP contribution is 2.20. The molecule has 0 N–H and O–H groups in total. The Labute approximate surface area is 147 Å². The van der Waals surface area contributed by atoms with E-state index in [0.29, 0.717) is 17.8 Å². The second-order valence-electron chi connectivity index (χ2n) is 5.23. The van der Waals surface area contributed by atoms with Crippen LogP contribution >= 0.6 is 11.3 Å². The number of esters is 1. The van der Waals surface area contributed by atoms with Crippen molar-refractivity contribution in [3.63, 3.8) is 0 Å². The number of carbonyl (C=O) groups is 2. The summed E-state index contributed by atoms with van der Waals surface area (Å²) in [5.74, 6) is -1.32. The standard InChI is InChI=1S/C18H15FN2O3S/c1-2-21(14-6-4-13(19)5-7-14)17(22)10-24-18(23)12-3-8-15-16(9-12)25-11-20-15/h3-9,11H,2,10H2,1H3. The lowest BCUT2D eigenvalue weighted by Gasteiger charge is -2.20. The molecule has 7 heteroatoms. The van der Waals surface area contributed by atoms with Crippen LogP contribution in [0.15, 0.2) is 48.0 Å². The van der Waals surface area contributed by atoms with E-state index in [-0.39, 0.29) is 18.3 Å². The smallest absolute Gasteiger partial charge is 0.338 e. The third-order valence-corrected chi connectivity index (χ3v) is 4.44. The molecule has 0 spiro atoms. The Morgan fingerprint density at radius 3 is 2.68 bits per heavy atom. The molecule has 3 rings (SSSR count). The van der Waals surface area contributed by atoms with Crippen LogP contribution in [0.1, 0.15) is 17.3 Å². The third-order valence-electron chi connectivity index (χ3n) is 3.65. The Morgan fingerprint density at radius 2 is 1.96 bits per heavy atom. The first-order valence-corrected chi connectivity index (χ1v) is 8.52. The maximum atomic E-state index is 13.0. The van der Waals surface area contributed by atoms with Gasteiger partial charge in [0.1, 0.15) is 5.82 Å². The lowest BCUT2D eigenvalue weighted by Crippen LogP contribution is -2.34. The predicted molar refractivity (Wildman–Crippen MR) is 94.3 cm³/mol. The summed E-state index contributed by atoms with van der Waals surface area (Å²) in [7, 11) is 0. The number of likely N-dealkylation sites (N-methyl/N-ethyl adjacent to an activating group) is 1. The van der Waals surface area contributed by atoms with E-state index in [1.165, 1.54) is 40.5 Å². The number of fused-ring (bicyclic) bond motifs is 1. The Kier molecular flexibility index (Phi) is 5.04. The number of amides is 1. The largest absolute Gasteiger partial charge is 0.452 e. The van der Waals surface area contributed by atoms with Gasteiger partial charge >= 0.3 is 5.97 Å². The molecule has 0 atom stereocenters. The van der Waals surface area contributed by atoms with Gasteiger partial charge in [0, 0.05) is 12.2 Å². The lowest BCUT2D eigenvalue weighted by molar-refractivity contribution is -0.121. The van der Waals surface area contributed by atoms with Crippen LogP contribution in [0, 0.1) is 5.82 Å². The number of thiazole rings is 1. The normalized spacial score (nSPS) is 10.6. The molecule has 0 aliphatic rings. The van der Waals surface area contributed by atoms with Gasteiger partial charge in [0.2, 0.25) is 0 Å². The van der Waals surface area contributed by atoms with Crippen molar-refractivity contribution in [1.82, 2.24) is 4.98 Å². The van der Waals surface area contributed by atoms with Crippen LogP contribution in [-0.2, 0) is 9.53 Å². The van der Waals surface area contributed by atoms with Crippen molar-refractivity contribution in [3.05, 3.63) is 59.4 Å². The van der Waals surface area contributed by atoms with Gasteiger partial charge in [-0.1, -0.05) is 0 Å². The molecule has 0 radical (unpaired) electrons. The lowest BCUT2D eigenvalue weighted by atomic mass is 10.2. The number of rotatable bonds is 5. The highest BCUT2D eigenvalue weighted by Gasteiger charge is 2.17. The summed E-state index contributed by atoms with van der Waals surface area (Å²) >= 11 is 1.43. The molecule has 0 aliphatic heterocycles. The molecule has 1 amide bonds. The first kappa shape index (κ1) is 17.0. The van der Waals surface area contributed by atoms with Gasteiger partial charge in [0.25, 0.3) is 5.91 Å². The molecule has 3 aromatic rings. The van der Waals surface area contributed by atoms with Crippen LogP contribution in [0.2, 0.25) is 0 Å². The van der Waals surface area contributed by atoms with Crippen molar-refractivity contribution in [2.75, 3.05) is 18.1 Å². The maximum Gasteiger partial charge on any atom is 0.338 e. The number of halogens is 1. The molecule has 5 nitrogen and oxygen atoms in total. The average molecular weight is 358 g/mol. The zero-order valence-electron chi connectivity index (χ0n) is 13.4. The van der Waals surface area contributed by atoms with E-state index in [0.717, 1.165) is 10.2 Å². The van der Waals surface area contributed by atoms with Gasteiger partial charge in [0.15, 0.2) is 6.61 Å². The molecule has 0 saturated carbocycles. The molecule has 128 valence electrons. The fourth-order valence-electron chi connectivity index (χ4n) is 2.39. The monoisotopic (exact) mass is 358 g/mol. The molecule has 0 saturated heterocycles. The van der Waals surface area contributed by atoms with E-state index in [9.17, 15) is 14.0 Å². The highest BCUT2D eigenvalue weighted by atomic mass is 32.1. The molecular formula is C18H15FN2O3S. The van der Waals surface area contributed by atoms with Gasteiger partial charge in [-0.05, 0) is 49.4 Å². The highest BCUT2D eigenvalue weighted by molar-refractivity contribution is 7.16. The number of hydrogen-bond donors (Lipinski definition) is 0.